The van der Waals surface area contributed by atoms with E-state index in [2.05, 4.69) is 9.88 Å². The number of carboxylic acids is 1. The summed E-state index contributed by atoms with van der Waals surface area (Å²) in [5.41, 5.74) is 2.06. The number of anilines is 1. The van der Waals surface area contributed by atoms with Crippen LogP contribution in [0.2, 0.25) is 0 Å². The molecule has 0 amide bonds. The Kier molecular flexibility index (Phi) is 3.69. The van der Waals surface area contributed by atoms with Gasteiger partial charge in [0.25, 0.3) is 0 Å². The fourth-order valence-corrected chi connectivity index (χ4v) is 3.38. The Hall–Kier alpha value is -1.88. The molecular formula is C15H16N2O2S. The van der Waals surface area contributed by atoms with Crippen molar-refractivity contribution in [1.82, 2.24) is 4.98 Å². The minimum atomic E-state index is -0.700. The molecular weight excluding hydrogens is 272 g/mol. The van der Waals surface area contributed by atoms with Crippen LogP contribution in [0.15, 0.2) is 35.7 Å². The topological polar surface area (TPSA) is 53.4 Å². The maximum absolute atomic E-state index is 11.1. The fraction of sp³-hybridized carbons (Fsp3) is 0.333. The van der Waals surface area contributed by atoms with E-state index in [4.69, 9.17) is 5.11 Å². The number of carbonyl (C=O) groups is 1. The molecule has 0 spiro atoms. The number of thiazole rings is 1. The van der Waals surface area contributed by atoms with Gasteiger partial charge in [0.15, 0.2) is 5.13 Å². The minimum absolute atomic E-state index is 0.271. The van der Waals surface area contributed by atoms with Crippen molar-refractivity contribution < 1.29 is 9.90 Å². The molecule has 4 nitrogen and oxygen atoms in total. The second kappa shape index (κ2) is 5.63. The highest BCUT2D eigenvalue weighted by molar-refractivity contribution is 7.14. The van der Waals surface area contributed by atoms with E-state index in [-0.39, 0.29) is 5.92 Å². The molecule has 2 aromatic rings. The van der Waals surface area contributed by atoms with E-state index in [0.29, 0.717) is 6.54 Å². The lowest BCUT2D eigenvalue weighted by Crippen LogP contribution is -2.38. The minimum Gasteiger partial charge on any atom is -0.481 e. The standard InChI is InChI=1S/C15H16N2O2S/c18-14(19)12-7-4-8-17(9-12)15-16-13(10-20-15)11-5-2-1-3-6-11/h1-3,5-6,10,12H,4,7-9H2,(H,18,19)/t12-/m1/s1. The quantitative estimate of drug-likeness (QED) is 0.943. The summed E-state index contributed by atoms with van der Waals surface area (Å²) in [5.74, 6) is -0.970. The number of nitrogens with zero attached hydrogens (tertiary/aromatic N) is 2. The van der Waals surface area contributed by atoms with Gasteiger partial charge in [0.1, 0.15) is 0 Å². The first kappa shape index (κ1) is 13.1. The van der Waals surface area contributed by atoms with E-state index in [1.165, 1.54) is 0 Å². The monoisotopic (exact) mass is 288 g/mol. The molecule has 5 heteroatoms. The van der Waals surface area contributed by atoms with Crippen molar-refractivity contribution in [2.75, 3.05) is 18.0 Å². The first-order valence-corrected chi connectivity index (χ1v) is 7.61. The molecule has 1 aromatic carbocycles. The molecule has 1 saturated heterocycles. The Morgan fingerprint density at radius 3 is 2.90 bits per heavy atom. The maximum atomic E-state index is 11.1. The second-order valence-electron chi connectivity index (χ2n) is 5.00. The largest absolute Gasteiger partial charge is 0.481 e. The summed E-state index contributed by atoms with van der Waals surface area (Å²) in [5, 5.41) is 12.1. The van der Waals surface area contributed by atoms with Crippen molar-refractivity contribution in [3.8, 4) is 11.3 Å². The van der Waals surface area contributed by atoms with Crippen molar-refractivity contribution >= 4 is 22.4 Å². The van der Waals surface area contributed by atoms with Crippen molar-refractivity contribution in [3.63, 3.8) is 0 Å². The highest BCUT2D eigenvalue weighted by Gasteiger charge is 2.26. The Balaban J connectivity index is 1.78. The molecule has 1 aliphatic heterocycles. The van der Waals surface area contributed by atoms with Crippen LogP contribution in [0.1, 0.15) is 12.8 Å². The van der Waals surface area contributed by atoms with Gasteiger partial charge in [-0.15, -0.1) is 11.3 Å². The van der Waals surface area contributed by atoms with Gasteiger partial charge >= 0.3 is 5.97 Å². The molecule has 1 aromatic heterocycles. The third kappa shape index (κ3) is 2.67. The molecule has 104 valence electrons. The van der Waals surface area contributed by atoms with Crippen molar-refractivity contribution in [1.29, 1.82) is 0 Å². The van der Waals surface area contributed by atoms with Crippen LogP contribution in [0.25, 0.3) is 11.3 Å². The predicted octanol–water partition coefficient (Wildman–Crippen LogP) is 3.11. The number of hydrogen-bond acceptors (Lipinski definition) is 4. The second-order valence-corrected chi connectivity index (χ2v) is 5.84. The highest BCUT2D eigenvalue weighted by Crippen LogP contribution is 2.30. The summed E-state index contributed by atoms with van der Waals surface area (Å²) in [4.78, 5) is 17.9. The fourth-order valence-electron chi connectivity index (χ4n) is 2.50. The molecule has 0 aliphatic carbocycles. The number of aromatic nitrogens is 1. The average molecular weight is 288 g/mol. The van der Waals surface area contributed by atoms with E-state index >= 15 is 0 Å². The van der Waals surface area contributed by atoms with Gasteiger partial charge in [0.2, 0.25) is 0 Å². The first-order chi connectivity index (χ1) is 9.74. The Morgan fingerprint density at radius 1 is 1.35 bits per heavy atom. The summed E-state index contributed by atoms with van der Waals surface area (Å²) in [6, 6.07) is 10.1. The van der Waals surface area contributed by atoms with Crippen molar-refractivity contribution in [2.24, 2.45) is 5.92 Å². The van der Waals surface area contributed by atoms with Gasteiger partial charge in [-0.05, 0) is 12.8 Å². The van der Waals surface area contributed by atoms with Gasteiger partial charge in [0, 0.05) is 24.0 Å². The number of benzene rings is 1. The van der Waals surface area contributed by atoms with E-state index in [1.807, 2.05) is 35.7 Å². The molecule has 1 N–H and O–H groups in total. The summed E-state index contributed by atoms with van der Waals surface area (Å²) in [6.07, 6.45) is 1.68. The Bertz CT molecular complexity index is 597. The normalized spacial score (nSPS) is 19.0. The maximum Gasteiger partial charge on any atom is 0.308 e. The van der Waals surface area contributed by atoms with Crippen LogP contribution in [-0.2, 0) is 4.79 Å². The number of carboxylic acid groups (broad SMARTS) is 1. The molecule has 0 radical (unpaired) electrons. The molecule has 20 heavy (non-hydrogen) atoms. The van der Waals surface area contributed by atoms with Gasteiger partial charge < -0.3 is 10.0 Å². The lowest BCUT2D eigenvalue weighted by molar-refractivity contribution is -0.141. The first-order valence-electron chi connectivity index (χ1n) is 6.73. The summed E-state index contributed by atoms with van der Waals surface area (Å²) < 4.78 is 0. The van der Waals surface area contributed by atoms with Gasteiger partial charge in [-0.25, -0.2) is 4.98 Å². The molecule has 1 fully saturated rings. The van der Waals surface area contributed by atoms with Gasteiger partial charge in [-0.2, -0.15) is 0 Å². The molecule has 1 atom stereocenters. The van der Waals surface area contributed by atoms with Gasteiger partial charge in [-0.3, -0.25) is 4.79 Å². The smallest absolute Gasteiger partial charge is 0.308 e. The molecule has 0 unspecified atom stereocenters. The lowest BCUT2D eigenvalue weighted by atomic mass is 9.99. The summed E-state index contributed by atoms with van der Waals surface area (Å²) in [7, 11) is 0. The van der Waals surface area contributed by atoms with Crippen molar-refractivity contribution in [2.45, 2.75) is 12.8 Å². The zero-order valence-corrected chi connectivity index (χ0v) is 11.8. The van der Waals surface area contributed by atoms with E-state index in [1.54, 1.807) is 11.3 Å². The van der Waals surface area contributed by atoms with Gasteiger partial charge in [-0.1, -0.05) is 30.3 Å². The number of hydrogen-bond donors (Lipinski definition) is 1. The third-order valence-corrected chi connectivity index (χ3v) is 4.50. The van der Waals surface area contributed by atoms with Crippen LogP contribution in [-0.4, -0.2) is 29.1 Å². The van der Waals surface area contributed by atoms with Crippen LogP contribution in [0.3, 0.4) is 0 Å². The van der Waals surface area contributed by atoms with Crippen molar-refractivity contribution in [3.05, 3.63) is 35.7 Å². The number of rotatable bonds is 3. The molecule has 3 rings (SSSR count). The number of aliphatic carboxylic acids is 1. The zero-order chi connectivity index (χ0) is 13.9. The predicted molar refractivity (Wildman–Crippen MR) is 80.1 cm³/mol. The van der Waals surface area contributed by atoms with Crippen LogP contribution in [0, 0.1) is 5.92 Å². The Labute approximate surface area is 121 Å². The molecule has 2 heterocycles. The van der Waals surface area contributed by atoms with E-state index < -0.39 is 5.97 Å². The van der Waals surface area contributed by atoms with Gasteiger partial charge in [0.05, 0.1) is 11.6 Å². The van der Waals surface area contributed by atoms with Crippen LogP contribution >= 0.6 is 11.3 Å². The molecule has 1 aliphatic rings. The molecule has 0 saturated carbocycles. The number of piperidine rings is 1. The Morgan fingerprint density at radius 2 is 2.15 bits per heavy atom. The lowest BCUT2D eigenvalue weighted by Gasteiger charge is -2.30. The van der Waals surface area contributed by atoms with Crippen LogP contribution in [0.4, 0.5) is 5.13 Å². The van der Waals surface area contributed by atoms with Crippen LogP contribution < -0.4 is 4.90 Å². The van der Waals surface area contributed by atoms with Crippen LogP contribution in [0.5, 0.6) is 0 Å². The SMILES string of the molecule is O=C(O)[C@@H]1CCCN(c2nc(-c3ccccc3)cs2)C1. The summed E-state index contributed by atoms with van der Waals surface area (Å²) >= 11 is 1.59. The highest BCUT2D eigenvalue weighted by atomic mass is 32.1. The zero-order valence-electron chi connectivity index (χ0n) is 11.0. The van der Waals surface area contributed by atoms with E-state index in [9.17, 15) is 4.79 Å². The third-order valence-electron chi connectivity index (χ3n) is 3.60. The van der Waals surface area contributed by atoms with E-state index in [0.717, 1.165) is 35.8 Å². The average Bonchev–Trinajstić information content (AvgIpc) is 2.98. The molecule has 0 bridgehead atoms. The summed E-state index contributed by atoms with van der Waals surface area (Å²) in [6.45, 7) is 1.46.